The summed E-state index contributed by atoms with van der Waals surface area (Å²) in [5.74, 6) is 0.441. The third-order valence-corrected chi connectivity index (χ3v) is 3.40. The number of rotatable bonds is 2. The zero-order valence-electron chi connectivity index (χ0n) is 11.8. The molecule has 4 rings (SSSR count). The number of nitrogens with zero attached hydrogens (tertiary/aromatic N) is 2. The van der Waals surface area contributed by atoms with E-state index in [1.165, 1.54) is 12.1 Å². The summed E-state index contributed by atoms with van der Waals surface area (Å²) in [7, 11) is 0. The number of aromatic nitrogens is 2. The molecule has 0 atom stereocenters. The van der Waals surface area contributed by atoms with Crippen LogP contribution in [0.25, 0.3) is 33.9 Å². The molecule has 0 aliphatic heterocycles. The van der Waals surface area contributed by atoms with E-state index in [1.54, 1.807) is 12.1 Å². The summed E-state index contributed by atoms with van der Waals surface area (Å²) in [4.78, 5) is 12.1. The molecule has 23 heavy (non-hydrogen) atoms. The van der Waals surface area contributed by atoms with Crippen molar-refractivity contribution in [3.63, 3.8) is 0 Å². The van der Waals surface area contributed by atoms with Crippen molar-refractivity contribution in [3.8, 4) is 28.7 Å². The SMILES string of the molecule is O=c1oc2cc(O)ccc2cc1-c1nnc(-c2ccccc2)o1. The second-order valence-corrected chi connectivity index (χ2v) is 4.95. The fraction of sp³-hybridized carbons (Fsp3) is 0. The van der Waals surface area contributed by atoms with E-state index in [1.807, 2.05) is 30.3 Å². The van der Waals surface area contributed by atoms with Crippen LogP contribution in [0.5, 0.6) is 5.75 Å². The molecular formula is C17H10N2O4. The predicted molar refractivity (Wildman–Crippen MR) is 82.9 cm³/mol. The number of aromatic hydroxyl groups is 1. The minimum atomic E-state index is -0.605. The van der Waals surface area contributed by atoms with Crippen LogP contribution in [0, 0.1) is 0 Å². The smallest absolute Gasteiger partial charge is 0.349 e. The Bertz CT molecular complexity index is 1050. The predicted octanol–water partition coefficient (Wildman–Crippen LogP) is 3.22. The largest absolute Gasteiger partial charge is 0.508 e. The summed E-state index contributed by atoms with van der Waals surface area (Å²) in [6, 6.07) is 15.4. The Morgan fingerprint density at radius 2 is 1.65 bits per heavy atom. The van der Waals surface area contributed by atoms with Crippen LogP contribution in [0.1, 0.15) is 0 Å². The molecule has 0 radical (unpaired) electrons. The van der Waals surface area contributed by atoms with E-state index in [0.717, 1.165) is 5.56 Å². The molecule has 4 aromatic rings. The average Bonchev–Trinajstić information content (AvgIpc) is 3.05. The first kappa shape index (κ1) is 13.3. The molecule has 2 aromatic carbocycles. The van der Waals surface area contributed by atoms with Crippen LogP contribution in [0.2, 0.25) is 0 Å². The van der Waals surface area contributed by atoms with E-state index in [2.05, 4.69) is 10.2 Å². The summed E-state index contributed by atoms with van der Waals surface area (Å²) in [6.07, 6.45) is 0. The van der Waals surface area contributed by atoms with Crippen molar-refractivity contribution in [1.82, 2.24) is 10.2 Å². The standard InChI is InChI=1S/C17H10N2O4/c20-12-7-6-11-8-13(17(21)22-14(11)9-12)16-19-18-15(23-16)10-4-2-1-3-5-10/h1-9,20H. The zero-order chi connectivity index (χ0) is 15.8. The molecule has 0 saturated heterocycles. The number of benzene rings is 2. The van der Waals surface area contributed by atoms with Crippen LogP contribution >= 0.6 is 0 Å². The first-order chi connectivity index (χ1) is 11.2. The molecule has 0 aliphatic rings. The van der Waals surface area contributed by atoms with E-state index in [9.17, 15) is 9.90 Å². The maximum absolute atomic E-state index is 12.1. The topological polar surface area (TPSA) is 89.4 Å². The molecule has 2 aromatic heterocycles. The lowest BCUT2D eigenvalue weighted by atomic mass is 10.2. The van der Waals surface area contributed by atoms with Gasteiger partial charge in [-0.3, -0.25) is 0 Å². The number of hydrogen-bond donors (Lipinski definition) is 1. The molecule has 0 aliphatic carbocycles. The van der Waals surface area contributed by atoms with Crippen LogP contribution in [0.15, 0.2) is 68.2 Å². The van der Waals surface area contributed by atoms with E-state index >= 15 is 0 Å². The van der Waals surface area contributed by atoms with Gasteiger partial charge in [0, 0.05) is 17.0 Å². The first-order valence-corrected chi connectivity index (χ1v) is 6.87. The highest BCUT2D eigenvalue weighted by molar-refractivity contribution is 5.81. The molecule has 2 heterocycles. The van der Waals surface area contributed by atoms with Crippen molar-refractivity contribution in [2.45, 2.75) is 0 Å². The van der Waals surface area contributed by atoms with Crippen LogP contribution in [-0.2, 0) is 0 Å². The molecule has 0 fully saturated rings. The normalized spacial score (nSPS) is 11.0. The molecule has 6 nitrogen and oxygen atoms in total. The van der Waals surface area contributed by atoms with Crippen LogP contribution in [0.4, 0.5) is 0 Å². The van der Waals surface area contributed by atoms with Crippen molar-refractivity contribution >= 4 is 11.0 Å². The highest BCUT2D eigenvalue weighted by Gasteiger charge is 2.15. The van der Waals surface area contributed by atoms with Crippen molar-refractivity contribution in [3.05, 3.63) is 65.0 Å². The molecular weight excluding hydrogens is 296 g/mol. The van der Waals surface area contributed by atoms with Crippen molar-refractivity contribution in [1.29, 1.82) is 0 Å². The van der Waals surface area contributed by atoms with Gasteiger partial charge in [0.15, 0.2) is 0 Å². The lowest BCUT2D eigenvalue weighted by Crippen LogP contribution is -2.02. The van der Waals surface area contributed by atoms with Gasteiger partial charge in [0.05, 0.1) is 0 Å². The van der Waals surface area contributed by atoms with Gasteiger partial charge in [-0.25, -0.2) is 4.79 Å². The Morgan fingerprint density at radius 1 is 0.870 bits per heavy atom. The quantitative estimate of drug-likeness (QED) is 0.572. The number of hydrogen-bond acceptors (Lipinski definition) is 6. The Morgan fingerprint density at radius 3 is 2.48 bits per heavy atom. The van der Waals surface area contributed by atoms with Gasteiger partial charge in [-0.05, 0) is 30.3 Å². The summed E-state index contributed by atoms with van der Waals surface area (Å²) >= 11 is 0. The first-order valence-electron chi connectivity index (χ1n) is 6.87. The van der Waals surface area contributed by atoms with Gasteiger partial charge in [0.25, 0.3) is 5.89 Å². The highest BCUT2D eigenvalue weighted by Crippen LogP contribution is 2.25. The van der Waals surface area contributed by atoms with E-state index in [0.29, 0.717) is 16.9 Å². The number of fused-ring (bicyclic) bond motifs is 1. The Labute approximate surface area is 129 Å². The molecule has 1 N–H and O–H groups in total. The van der Waals surface area contributed by atoms with Gasteiger partial charge in [0.1, 0.15) is 16.9 Å². The molecule has 112 valence electrons. The fourth-order valence-corrected chi connectivity index (χ4v) is 2.28. The maximum atomic E-state index is 12.1. The van der Waals surface area contributed by atoms with Gasteiger partial charge in [-0.1, -0.05) is 18.2 Å². The molecule has 0 bridgehead atoms. The van der Waals surface area contributed by atoms with E-state index < -0.39 is 5.63 Å². The molecule has 0 saturated carbocycles. The van der Waals surface area contributed by atoms with Crippen molar-refractivity contribution < 1.29 is 13.9 Å². The van der Waals surface area contributed by atoms with Gasteiger partial charge in [-0.2, -0.15) is 0 Å². The van der Waals surface area contributed by atoms with Gasteiger partial charge < -0.3 is 13.9 Å². The van der Waals surface area contributed by atoms with Crippen LogP contribution < -0.4 is 5.63 Å². The number of phenolic OH excluding ortho intramolecular Hbond substituents is 1. The number of phenols is 1. The monoisotopic (exact) mass is 306 g/mol. The fourth-order valence-electron chi connectivity index (χ4n) is 2.28. The second-order valence-electron chi connectivity index (χ2n) is 4.95. The van der Waals surface area contributed by atoms with Gasteiger partial charge in [0.2, 0.25) is 5.89 Å². The third-order valence-electron chi connectivity index (χ3n) is 3.40. The molecule has 0 unspecified atom stereocenters. The van der Waals surface area contributed by atoms with Crippen molar-refractivity contribution in [2.75, 3.05) is 0 Å². The Hall–Kier alpha value is -3.41. The molecule has 0 amide bonds. The summed E-state index contributed by atoms with van der Waals surface area (Å²) in [5, 5.41) is 18.0. The summed E-state index contributed by atoms with van der Waals surface area (Å²) in [5.41, 5.74) is 0.632. The van der Waals surface area contributed by atoms with E-state index in [-0.39, 0.29) is 17.2 Å². The lowest BCUT2D eigenvalue weighted by Gasteiger charge is -1.99. The van der Waals surface area contributed by atoms with Gasteiger partial charge in [-0.15, -0.1) is 10.2 Å². The van der Waals surface area contributed by atoms with E-state index in [4.69, 9.17) is 8.83 Å². The highest BCUT2D eigenvalue weighted by atomic mass is 16.4. The zero-order valence-corrected chi connectivity index (χ0v) is 11.8. The summed E-state index contributed by atoms with van der Waals surface area (Å²) in [6.45, 7) is 0. The lowest BCUT2D eigenvalue weighted by molar-refractivity contribution is 0.473. The average molecular weight is 306 g/mol. The van der Waals surface area contributed by atoms with Gasteiger partial charge >= 0.3 is 5.63 Å². The molecule has 6 heteroatoms. The maximum Gasteiger partial charge on any atom is 0.349 e. The molecule has 0 spiro atoms. The second kappa shape index (κ2) is 5.10. The van der Waals surface area contributed by atoms with Crippen LogP contribution in [-0.4, -0.2) is 15.3 Å². The Kier molecular flexibility index (Phi) is 2.94. The van der Waals surface area contributed by atoms with Crippen LogP contribution in [0.3, 0.4) is 0 Å². The third kappa shape index (κ3) is 2.36. The van der Waals surface area contributed by atoms with Crippen molar-refractivity contribution in [2.24, 2.45) is 0 Å². The Balaban J connectivity index is 1.83. The minimum Gasteiger partial charge on any atom is -0.508 e. The minimum absolute atomic E-state index is 0.0255. The summed E-state index contributed by atoms with van der Waals surface area (Å²) < 4.78 is 10.8.